The number of benzene rings is 1. The maximum atomic E-state index is 12.1. The van der Waals surface area contributed by atoms with Gasteiger partial charge < -0.3 is 5.32 Å². The van der Waals surface area contributed by atoms with Gasteiger partial charge in [0.1, 0.15) is 0 Å². The smallest absolute Gasteiger partial charge is 0.180 e. The normalized spacial score (nSPS) is 11.6. The Hall–Kier alpha value is -1.33. The van der Waals surface area contributed by atoms with Gasteiger partial charge in [-0.3, -0.25) is 0 Å². The third-order valence-electron chi connectivity index (χ3n) is 3.22. The van der Waals surface area contributed by atoms with E-state index >= 15 is 0 Å². The largest absolute Gasteiger partial charge is 0.380 e. The highest BCUT2D eigenvalue weighted by atomic mass is 32.2. The molecule has 1 heterocycles. The summed E-state index contributed by atoms with van der Waals surface area (Å²) < 4.78 is 24.1. The zero-order valence-electron chi connectivity index (χ0n) is 11.9. The summed E-state index contributed by atoms with van der Waals surface area (Å²) in [6, 6.07) is 9.23. The van der Waals surface area contributed by atoms with E-state index in [1.807, 2.05) is 12.1 Å². The first-order valence-corrected chi connectivity index (χ1v) is 9.02. The molecule has 0 amide bonds. The number of para-hydroxylation sites is 1. The molecule has 0 aliphatic rings. The molecule has 5 heteroatoms. The number of thiophene rings is 1. The van der Waals surface area contributed by atoms with Crippen LogP contribution in [-0.2, 0) is 16.4 Å². The molecule has 0 spiro atoms. The number of nitrogens with one attached hydrogen (secondary N) is 1. The number of hydrogen-bond donors (Lipinski definition) is 1. The van der Waals surface area contributed by atoms with Gasteiger partial charge in [-0.15, -0.1) is 11.3 Å². The van der Waals surface area contributed by atoms with Crippen LogP contribution in [0.1, 0.15) is 22.2 Å². The Kier molecular flexibility index (Phi) is 4.50. The van der Waals surface area contributed by atoms with Crippen LogP contribution in [0.5, 0.6) is 0 Å². The highest BCUT2D eigenvalue weighted by molar-refractivity contribution is 7.91. The first-order chi connectivity index (χ1) is 9.44. The molecular weight excluding hydrogens is 290 g/mol. The Balaban J connectivity index is 2.25. The molecular formula is C15H19NO2S2. The summed E-state index contributed by atoms with van der Waals surface area (Å²) in [5.74, 6) is 0.113. The fourth-order valence-corrected chi connectivity index (χ4v) is 4.11. The van der Waals surface area contributed by atoms with Crippen molar-refractivity contribution < 1.29 is 8.42 Å². The summed E-state index contributed by atoms with van der Waals surface area (Å²) in [5.41, 5.74) is 1.90. The van der Waals surface area contributed by atoms with Crippen molar-refractivity contribution in [2.75, 3.05) is 11.1 Å². The molecule has 0 aliphatic heterocycles. The molecule has 1 aromatic carbocycles. The molecule has 0 unspecified atom stereocenters. The second kappa shape index (κ2) is 5.97. The lowest BCUT2D eigenvalue weighted by atomic mass is 10.2. The van der Waals surface area contributed by atoms with Gasteiger partial charge in [0, 0.05) is 16.3 Å². The Morgan fingerprint density at radius 1 is 1.20 bits per heavy atom. The van der Waals surface area contributed by atoms with Crippen molar-refractivity contribution >= 4 is 26.9 Å². The minimum atomic E-state index is -3.20. The highest BCUT2D eigenvalue weighted by Gasteiger charge is 2.16. The van der Waals surface area contributed by atoms with Gasteiger partial charge in [0.25, 0.3) is 0 Å². The first kappa shape index (κ1) is 15.1. The monoisotopic (exact) mass is 309 g/mol. The van der Waals surface area contributed by atoms with Crippen LogP contribution in [0.3, 0.4) is 0 Å². The van der Waals surface area contributed by atoms with Crippen molar-refractivity contribution in [2.24, 2.45) is 0 Å². The second-order valence-electron chi connectivity index (χ2n) is 4.69. The third-order valence-corrected chi connectivity index (χ3v) is 6.01. The van der Waals surface area contributed by atoms with Gasteiger partial charge in [-0.05, 0) is 37.6 Å². The summed E-state index contributed by atoms with van der Waals surface area (Å²) in [6.45, 7) is 6.48. The van der Waals surface area contributed by atoms with E-state index in [1.54, 1.807) is 30.4 Å². The topological polar surface area (TPSA) is 46.2 Å². The van der Waals surface area contributed by atoms with Crippen molar-refractivity contribution in [1.82, 2.24) is 0 Å². The minimum Gasteiger partial charge on any atom is -0.380 e. The van der Waals surface area contributed by atoms with E-state index in [0.29, 0.717) is 17.1 Å². The van der Waals surface area contributed by atoms with Crippen LogP contribution in [0.25, 0.3) is 0 Å². The van der Waals surface area contributed by atoms with Crippen LogP contribution in [0.15, 0.2) is 35.2 Å². The molecule has 0 radical (unpaired) electrons. The maximum absolute atomic E-state index is 12.1. The quantitative estimate of drug-likeness (QED) is 0.914. The van der Waals surface area contributed by atoms with Crippen LogP contribution >= 0.6 is 11.3 Å². The van der Waals surface area contributed by atoms with Crippen LogP contribution in [-0.4, -0.2) is 14.2 Å². The number of aryl methyl sites for hydroxylation is 2. The van der Waals surface area contributed by atoms with E-state index in [2.05, 4.69) is 25.2 Å². The van der Waals surface area contributed by atoms with Gasteiger partial charge in [0.2, 0.25) is 0 Å². The van der Waals surface area contributed by atoms with Crippen LogP contribution in [0, 0.1) is 13.8 Å². The first-order valence-electron chi connectivity index (χ1n) is 6.55. The van der Waals surface area contributed by atoms with Gasteiger partial charge in [0.05, 0.1) is 16.3 Å². The number of anilines is 1. The van der Waals surface area contributed by atoms with Gasteiger partial charge in [-0.1, -0.05) is 19.1 Å². The van der Waals surface area contributed by atoms with Crippen molar-refractivity contribution in [1.29, 1.82) is 0 Å². The Morgan fingerprint density at radius 3 is 2.50 bits per heavy atom. The average molecular weight is 309 g/mol. The molecule has 0 aliphatic carbocycles. The highest BCUT2D eigenvalue weighted by Crippen LogP contribution is 2.25. The molecule has 0 bridgehead atoms. The average Bonchev–Trinajstić information content (AvgIpc) is 2.75. The molecule has 2 rings (SSSR count). The maximum Gasteiger partial charge on any atom is 0.180 e. The Morgan fingerprint density at radius 2 is 1.90 bits per heavy atom. The van der Waals surface area contributed by atoms with Crippen molar-refractivity contribution in [3.63, 3.8) is 0 Å². The van der Waals surface area contributed by atoms with Gasteiger partial charge in [0.15, 0.2) is 9.84 Å². The van der Waals surface area contributed by atoms with E-state index in [0.717, 1.165) is 0 Å². The fourth-order valence-electron chi connectivity index (χ4n) is 2.09. The summed E-state index contributed by atoms with van der Waals surface area (Å²) in [5, 5.41) is 3.25. The summed E-state index contributed by atoms with van der Waals surface area (Å²) in [4.78, 5) is 2.92. The lowest BCUT2D eigenvalue weighted by Crippen LogP contribution is -2.09. The molecule has 1 N–H and O–H groups in total. The van der Waals surface area contributed by atoms with Gasteiger partial charge >= 0.3 is 0 Å². The SMILES string of the molecule is CCS(=O)(=O)c1ccccc1NCc1cc(C)sc1C. The second-order valence-corrected chi connectivity index (χ2v) is 8.40. The lowest BCUT2D eigenvalue weighted by molar-refractivity contribution is 0.597. The van der Waals surface area contributed by atoms with E-state index < -0.39 is 9.84 Å². The Labute approximate surface area is 124 Å². The van der Waals surface area contributed by atoms with E-state index in [-0.39, 0.29) is 5.75 Å². The van der Waals surface area contributed by atoms with Gasteiger partial charge in [-0.25, -0.2) is 8.42 Å². The molecule has 0 saturated carbocycles. The predicted octanol–water partition coefficient (Wildman–Crippen LogP) is 3.77. The predicted molar refractivity (Wildman–Crippen MR) is 85.3 cm³/mol. The molecule has 0 saturated heterocycles. The molecule has 20 heavy (non-hydrogen) atoms. The molecule has 0 atom stereocenters. The molecule has 1 aromatic heterocycles. The fraction of sp³-hybridized carbons (Fsp3) is 0.333. The number of hydrogen-bond acceptors (Lipinski definition) is 4. The van der Waals surface area contributed by atoms with E-state index in [9.17, 15) is 8.42 Å². The molecule has 108 valence electrons. The van der Waals surface area contributed by atoms with Crippen molar-refractivity contribution in [2.45, 2.75) is 32.2 Å². The molecule has 2 aromatic rings. The van der Waals surface area contributed by atoms with E-state index in [4.69, 9.17) is 0 Å². The zero-order valence-corrected chi connectivity index (χ0v) is 13.6. The van der Waals surface area contributed by atoms with E-state index in [1.165, 1.54) is 15.3 Å². The summed E-state index contributed by atoms with van der Waals surface area (Å²) in [6.07, 6.45) is 0. The zero-order chi connectivity index (χ0) is 14.8. The number of rotatable bonds is 5. The van der Waals surface area contributed by atoms with Crippen LogP contribution < -0.4 is 5.32 Å². The van der Waals surface area contributed by atoms with Crippen molar-refractivity contribution in [3.05, 3.63) is 45.6 Å². The van der Waals surface area contributed by atoms with Crippen molar-refractivity contribution in [3.8, 4) is 0 Å². The molecule has 0 fully saturated rings. The van der Waals surface area contributed by atoms with Crippen LogP contribution in [0.2, 0.25) is 0 Å². The number of sulfone groups is 1. The molecule has 3 nitrogen and oxygen atoms in total. The third kappa shape index (κ3) is 3.22. The van der Waals surface area contributed by atoms with Crippen LogP contribution in [0.4, 0.5) is 5.69 Å². The Bertz CT molecular complexity index is 702. The summed E-state index contributed by atoms with van der Waals surface area (Å²) >= 11 is 1.76. The lowest BCUT2D eigenvalue weighted by Gasteiger charge is -2.11. The van der Waals surface area contributed by atoms with Gasteiger partial charge in [-0.2, -0.15) is 0 Å². The summed E-state index contributed by atoms with van der Waals surface area (Å²) in [7, 11) is -3.20. The standard InChI is InChI=1S/C15H19NO2S2/c1-4-20(17,18)15-8-6-5-7-14(15)16-10-13-9-11(2)19-12(13)3/h5-9,16H,4,10H2,1-3H3. The minimum absolute atomic E-state index is 0.113.